The van der Waals surface area contributed by atoms with Gasteiger partial charge in [-0.2, -0.15) is 0 Å². The van der Waals surface area contributed by atoms with Crippen molar-refractivity contribution in [2.75, 3.05) is 0 Å². The lowest BCUT2D eigenvalue weighted by Gasteiger charge is -1.92. The molecular weight excluding hydrogens is 158 g/mol. The zero-order chi connectivity index (χ0) is 8.55. The lowest BCUT2D eigenvalue weighted by atomic mass is 10.2. The quantitative estimate of drug-likeness (QED) is 0.656. The second-order valence-corrected chi connectivity index (χ2v) is 2.27. The molecule has 0 atom stereocenters. The molecule has 2 N–H and O–H groups in total. The number of pyridine rings is 1. The van der Waals surface area contributed by atoms with Gasteiger partial charge in [-0.3, -0.25) is 4.79 Å². The Hall–Kier alpha value is -1.91. The number of primary amides is 1. The second kappa shape index (κ2) is 2.30. The van der Waals surface area contributed by atoms with Crippen LogP contribution in [0.1, 0.15) is 10.4 Å². The molecule has 0 fully saturated rings. The second-order valence-electron chi connectivity index (χ2n) is 2.27. The van der Waals surface area contributed by atoms with E-state index in [1.54, 1.807) is 0 Å². The van der Waals surface area contributed by atoms with E-state index in [0.29, 0.717) is 16.7 Å². The summed E-state index contributed by atoms with van der Waals surface area (Å²) >= 11 is 0. The van der Waals surface area contributed by atoms with Crippen molar-refractivity contribution in [2.24, 2.45) is 5.73 Å². The van der Waals surface area contributed by atoms with Crippen LogP contribution < -0.4 is 5.73 Å². The normalized spacial score (nSPS) is 10.3. The van der Waals surface area contributed by atoms with E-state index in [-0.39, 0.29) is 0 Å². The molecule has 2 aromatic heterocycles. The van der Waals surface area contributed by atoms with E-state index in [1.165, 1.54) is 18.5 Å². The van der Waals surface area contributed by atoms with Gasteiger partial charge in [0.15, 0.2) is 0 Å². The molecule has 0 aliphatic heterocycles. The fourth-order valence-corrected chi connectivity index (χ4v) is 0.995. The van der Waals surface area contributed by atoms with Gasteiger partial charge in [0.05, 0.1) is 17.1 Å². The third kappa shape index (κ3) is 0.833. The van der Waals surface area contributed by atoms with Crippen molar-refractivity contribution in [3.63, 3.8) is 0 Å². The minimum Gasteiger partial charge on any atom is -0.366 e. The van der Waals surface area contributed by atoms with Crippen molar-refractivity contribution in [3.8, 4) is 0 Å². The van der Waals surface area contributed by atoms with Crippen molar-refractivity contribution in [1.82, 2.24) is 10.1 Å². The molecule has 2 rings (SSSR count). The predicted octanol–water partition coefficient (Wildman–Crippen LogP) is 0.322. The highest BCUT2D eigenvalue weighted by molar-refractivity contribution is 6.03. The van der Waals surface area contributed by atoms with Gasteiger partial charge in [0.2, 0.25) is 5.91 Å². The van der Waals surface area contributed by atoms with Gasteiger partial charge in [-0.05, 0) is 6.07 Å². The van der Waals surface area contributed by atoms with Crippen LogP contribution in [0.2, 0.25) is 0 Å². The first-order valence-electron chi connectivity index (χ1n) is 3.28. The van der Waals surface area contributed by atoms with Gasteiger partial charge in [-0.15, -0.1) is 0 Å². The number of aromatic nitrogens is 2. The molecule has 0 aliphatic rings. The van der Waals surface area contributed by atoms with Gasteiger partial charge in [0.1, 0.15) is 0 Å². The van der Waals surface area contributed by atoms with Gasteiger partial charge in [0, 0.05) is 6.20 Å². The zero-order valence-corrected chi connectivity index (χ0v) is 6.02. The fourth-order valence-electron chi connectivity index (χ4n) is 0.995. The van der Waals surface area contributed by atoms with E-state index < -0.39 is 5.91 Å². The summed E-state index contributed by atoms with van der Waals surface area (Å²) in [7, 11) is 0. The summed E-state index contributed by atoms with van der Waals surface area (Å²) in [6, 6.07) is 1.53. The molecule has 0 saturated heterocycles. The highest BCUT2D eigenvalue weighted by Gasteiger charge is 2.08. The van der Waals surface area contributed by atoms with Gasteiger partial charge >= 0.3 is 0 Å². The molecule has 12 heavy (non-hydrogen) atoms. The van der Waals surface area contributed by atoms with Crippen LogP contribution in [0, 0.1) is 0 Å². The van der Waals surface area contributed by atoms with E-state index in [2.05, 4.69) is 10.1 Å². The Morgan fingerprint density at radius 1 is 1.58 bits per heavy atom. The number of hydrogen-bond acceptors (Lipinski definition) is 4. The monoisotopic (exact) mass is 163 g/mol. The van der Waals surface area contributed by atoms with Gasteiger partial charge in [-0.1, -0.05) is 5.16 Å². The number of carbonyl (C=O) groups excluding carboxylic acids is 1. The first kappa shape index (κ1) is 6.78. The number of hydrogen-bond donors (Lipinski definition) is 1. The summed E-state index contributed by atoms with van der Waals surface area (Å²) in [6.07, 6.45) is 2.87. The maximum absolute atomic E-state index is 10.8. The zero-order valence-electron chi connectivity index (χ0n) is 6.02. The van der Waals surface area contributed by atoms with Gasteiger partial charge in [-0.25, -0.2) is 4.98 Å². The molecule has 60 valence electrons. The molecule has 0 unspecified atom stereocenters. The number of rotatable bonds is 1. The summed E-state index contributed by atoms with van der Waals surface area (Å²) < 4.78 is 4.74. The van der Waals surface area contributed by atoms with Crippen LogP contribution in [0.25, 0.3) is 11.1 Å². The molecule has 0 aromatic carbocycles. The van der Waals surface area contributed by atoms with Crippen LogP contribution >= 0.6 is 0 Å². The van der Waals surface area contributed by atoms with Crippen molar-refractivity contribution >= 4 is 17.0 Å². The standard InChI is InChI=1S/C7H5N3O2/c8-6(11)4-1-2-9-7-5(4)3-10-12-7/h1-3H,(H2,8,11). The number of nitrogens with zero attached hydrogens (tertiary/aromatic N) is 2. The Morgan fingerprint density at radius 3 is 3.17 bits per heavy atom. The molecule has 5 heteroatoms. The number of fused-ring (bicyclic) bond motifs is 1. The summed E-state index contributed by atoms with van der Waals surface area (Å²) in [6.45, 7) is 0. The average Bonchev–Trinajstić information content (AvgIpc) is 2.49. The van der Waals surface area contributed by atoms with Gasteiger partial charge < -0.3 is 10.3 Å². The number of amides is 1. The Bertz CT molecular complexity index is 435. The van der Waals surface area contributed by atoms with Crippen LogP contribution in [-0.2, 0) is 0 Å². The summed E-state index contributed by atoms with van der Waals surface area (Å²) in [5, 5.41) is 4.05. The molecule has 0 radical (unpaired) electrons. The number of carbonyl (C=O) groups is 1. The average molecular weight is 163 g/mol. The third-order valence-corrected chi connectivity index (χ3v) is 1.54. The molecule has 2 heterocycles. The van der Waals surface area contributed by atoms with E-state index in [9.17, 15) is 4.79 Å². The van der Waals surface area contributed by atoms with Crippen molar-refractivity contribution in [3.05, 3.63) is 24.0 Å². The molecule has 0 bridgehead atoms. The van der Waals surface area contributed by atoms with Crippen LogP contribution in [0.15, 0.2) is 23.0 Å². The highest BCUT2D eigenvalue weighted by Crippen LogP contribution is 2.14. The summed E-state index contributed by atoms with van der Waals surface area (Å²) in [5.41, 5.74) is 5.80. The lowest BCUT2D eigenvalue weighted by molar-refractivity contribution is 0.100. The largest absolute Gasteiger partial charge is 0.366 e. The van der Waals surface area contributed by atoms with E-state index in [4.69, 9.17) is 10.3 Å². The van der Waals surface area contributed by atoms with Crippen LogP contribution in [-0.4, -0.2) is 16.0 Å². The van der Waals surface area contributed by atoms with E-state index >= 15 is 0 Å². The molecule has 2 aromatic rings. The van der Waals surface area contributed by atoms with E-state index in [1.807, 2.05) is 0 Å². The van der Waals surface area contributed by atoms with E-state index in [0.717, 1.165) is 0 Å². The summed E-state index contributed by atoms with van der Waals surface area (Å²) in [4.78, 5) is 14.7. The molecule has 0 saturated carbocycles. The minimum absolute atomic E-state index is 0.325. The van der Waals surface area contributed by atoms with Crippen LogP contribution in [0.4, 0.5) is 0 Å². The minimum atomic E-state index is -0.509. The first-order chi connectivity index (χ1) is 5.79. The molecule has 1 amide bonds. The van der Waals surface area contributed by atoms with Crippen LogP contribution in [0.5, 0.6) is 0 Å². The molecule has 5 nitrogen and oxygen atoms in total. The highest BCUT2D eigenvalue weighted by atomic mass is 16.5. The molecule has 0 aliphatic carbocycles. The Morgan fingerprint density at radius 2 is 2.42 bits per heavy atom. The van der Waals surface area contributed by atoms with Gasteiger partial charge in [0.25, 0.3) is 5.71 Å². The van der Waals surface area contributed by atoms with Crippen molar-refractivity contribution in [1.29, 1.82) is 0 Å². The first-order valence-corrected chi connectivity index (χ1v) is 3.28. The third-order valence-electron chi connectivity index (χ3n) is 1.54. The SMILES string of the molecule is NC(=O)c1ccnc2oncc12. The topological polar surface area (TPSA) is 82.0 Å². The lowest BCUT2D eigenvalue weighted by Crippen LogP contribution is -2.11. The van der Waals surface area contributed by atoms with Crippen LogP contribution in [0.3, 0.4) is 0 Å². The summed E-state index contributed by atoms with van der Waals surface area (Å²) in [5.74, 6) is -0.509. The molecular formula is C7H5N3O2. The smallest absolute Gasteiger partial charge is 0.258 e. The Kier molecular flexibility index (Phi) is 1.30. The molecule has 0 spiro atoms. The Labute approximate surface area is 67.2 Å². The predicted molar refractivity (Wildman–Crippen MR) is 40.3 cm³/mol. The number of nitrogens with two attached hydrogens (primary N) is 1. The van der Waals surface area contributed by atoms with Crippen molar-refractivity contribution in [2.45, 2.75) is 0 Å². The van der Waals surface area contributed by atoms with Crippen molar-refractivity contribution < 1.29 is 9.32 Å². The Balaban J connectivity index is 2.82. The maximum atomic E-state index is 10.8. The fraction of sp³-hybridized carbons (Fsp3) is 0. The maximum Gasteiger partial charge on any atom is 0.258 e.